The zero-order chi connectivity index (χ0) is 12.4. The molecule has 0 spiro atoms. The van der Waals surface area contributed by atoms with E-state index in [1.54, 1.807) is 0 Å². The number of nitrogens with zero attached hydrogens (tertiary/aromatic N) is 1. The second kappa shape index (κ2) is 8.92. The summed E-state index contributed by atoms with van der Waals surface area (Å²) >= 11 is 0. The fourth-order valence-corrected chi connectivity index (χ4v) is 1.76. The van der Waals surface area contributed by atoms with Gasteiger partial charge in [-0.15, -0.1) is 0 Å². The second-order valence-electron chi connectivity index (χ2n) is 3.88. The van der Waals surface area contributed by atoms with Crippen molar-refractivity contribution in [1.29, 1.82) is 0 Å². The Kier molecular flexibility index (Phi) is 8.83. The number of hydrogen-bond donors (Lipinski definition) is 1. The highest BCUT2D eigenvalue weighted by Crippen LogP contribution is 1.86. The Morgan fingerprint density at radius 3 is 2.50 bits per heavy atom. The molecule has 0 aromatic carbocycles. The van der Waals surface area contributed by atoms with Crippen molar-refractivity contribution < 1.29 is 13.2 Å². The number of sulfone groups is 1. The van der Waals surface area contributed by atoms with Gasteiger partial charge in [0.15, 0.2) is 0 Å². The van der Waals surface area contributed by atoms with Gasteiger partial charge in [-0.2, -0.15) is 0 Å². The molecule has 0 aliphatic heterocycles. The van der Waals surface area contributed by atoms with Crippen molar-refractivity contribution in [3.63, 3.8) is 0 Å². The highest BCUT2D eigenvalue weighted by atomic mass is 32.2. The van der Waals surface area contributed by atoms with Crippen LogP contribution in [-0.2, 0) is 14.6 Å². The number of likely N-dealkylation sites (N-methyl/N-ethyl adjacent to an activating group) is 1. The minimum Gasteiger partial charge on any atom is -0.380 e. The Bertz CT molecular complexity index is 255. The third-order valence-electron chi connectivity index (χ3n) is 2.14. The molecule has 98 valence electrons. The van der Waals surface area contributed by atoms with Crippen LogP contribution in [0.3, 0.4) is 0 Å². The maximum Gasteiger partial charge on any atom is 0.148 e. The predicted octanol–water partition coefficient (Wildman–Crippen LogP) is -0.411. The monoisotopic (exact) mass is 252 g/mol. The van der Waals surface area contributed by atoms with Crippen LogP contribution in [0.5, 0.6) is 0 Å². The van der Waals surface area contributed by atoms with Crippen molar-refractivity contribution in [2.75, 3.05) is 58.4 Å². The van der Waals surface area contributed by atoms with Crippen molar-refractivity contribution in [2.45, 2.75) is 6.92 Å². The SMILES string of the molecule is CCOCCNCCN(C)CCS(C)(=O)=O. The fraction of sp³-hybridized carbons (Fsp3) is 1.00. The lowest BCUT2D eigenvalue weighted by atomic mass is 10.5. The van der Waals surface area contributed by atoms with E-state index in [0.29, 0.717) is 6.54 Å². The molecule has 0 aromatic heterocycles. The minimum absolute atomic E-state index is 0.225. The summed E-state index contributed by atoms with van der Waals surface area (Å²) in [4.78, 5) is 2.01. The van der Waals surface area contributed by atoms with Crippen molar-refractivity contribution in [2.24, 2.45) is 0 Å². The van der Waals surface area contributed by atoms with Crippen LogP contribution in [0.1, 0.15) is 6.92 Å². The summed E-state index contributed by atoms with van der Waals surface area (Å²) in [5.41, 5.74) is 0. The van der Waals surface area contributed by atoms with Crippen LogP contribution in [0.4, 0.5) is 0 Å². The van der Waals surface area contributed by atoms with Gasteiger partial charge >= 0.3 is 0 Å². The lowest BCUT2D eigenvalue weighted by Gasteiger charge is -2.16. The molecule has 0 unspecified atom stereocenters. The first-order valence-corrected chi connectivity index (χ1v) is 7.66. The second-order valence-corrected chi connectivity index (χ2v) is 6.14. The van der Waals surface area contributed by atoms with Crippen LogP contribution in [0.15, 0.2) is 0 Å². The Morgan fingerprint density at radius 1 is 1.25 bits per heavy atom. The molecule has 0 aliphatic rings. The maximum atomic E-state index is 10.9. The van der Waals surface area contributed by atoms with Crippen molar-refractivity contribution in [1.82, 2.24) is 10.2 Å². The molecule has 0 saturated heterocycles. The van der Waals surface area contributed by atoms with Crippen molar-refractivity contribution >= 4 is 9.84 Å². The highest BCUT2D eigenvalue weighted by Gasteiger charge is 2.04. The number of hydrogen-bond acceptors (Lipinski definition) is 5. The molecular weight excluding hydrogens is 228 g/mol. The summed E-state index contributed by atoms with van der Waals surface area (Å²) in [6, 6.07) is 0. The Hall–Kier alpha value is -0.170. The van der Waals surface area contributed by atoms with E-state index in [1.165, 1.54) is 6.26 Å². The van der Waals surface area contributed by atoms with Gasteiger partial charge in [0.05, 0.1) is 12.4 Å². The molecule has 1 N–H and O–H groups in total. The smallest absolute Gasteiger partial charge is 0.148 e. The largest absolute Gasteiger partial charge is 0.380 e. The summed E-state index contributed by atoms with van der Waals surface area (Å²) in [5.74, 6) is 0.225. The number of nitrogens with one attached hydrogen (secondary N) is 1. The van der Waals surface area contributed by atoms with E-state index in [-0.39, 0.29) is 5.75 Å². The van der Waals surface area contributed by atoms with Gasteiger partial charge in [-0.05, 0) is 14.0 Å². The molecule has 0 bridgehead atoms. The molecule has 0 heterocycles. The van der Waals surface area contributed by atoms with Crippen LogP contribution in [0, 0.1) is 0 Å². The molecule has 0 atom stereocenters. The lowest BCUT2D eigenvalue weighted by molar-refractivity contribution is 0.148. The molecule has 0 aromatic rings. The third-order valence-corrected chi connectivity index (χ3v) is 3.07. The Balaban J connectivity index is 3.34. The predicted molar refractivity (Wildman–Crippen MR) is 66.6 cm³/mol. The maximum absolute atomic E-state index is 10.9. The van der Waals surface area contributed by atoms with E-state index < -0.39 is 9.84 Å². The quantitative estimate of drug-likeness (QED) is 0.536. The van der Waals surface area contributed by atoms with Gasteiger partial charge in [-0.3, -0.25) is 0 Å². The van der Waals surface area contributed by atoms with Gasteiger partial charge in [0.1, 0.15) is 9.84 Å². The van der Waals surface area contributed by atoms with E-state index in [1.807, 2.05) is 18.9 Å². The topological polar surface area (TPSA) is 58.6 Å². The van der Waals surface area contributed by atoms with E-state index in [9.17, 15) is 8.42 Å². The first-order chi connectivity index (χ1) is 7.45. The summed E-state index contributed by atoms with van der Waals surface area (Å²) in [6.07, 6.45) is 1.27. The molecule has 6 heteroatoms. The van der Waals surface area contributed by atoms with E-state index in [2.05, 4.69) is 5.32 Å². The standard InChI is InChI=1S/C10H24N2O3S/c1-4-15-9-6-11-5-7-12(2)8-10-16(3,13)14/h11H,4-10H2,1-3H3. The summed E-state index contributed by atoms with van der Waals surface area (Å²) in [7, 11) is -0.918. The minimum atomic E-state index is -2.84. The van der Waals surface area contributed by atoms with Crippen LogP contribution < -0.4 is 5.32 Å². The number of rotatable bonds is 10. The van der Waals surface area contributed by atoms with Crippen LogP contribution in [0.25, 0.3) is 0 Å². The van der Waals surface area contributed by atoms with Gasteiger partial charge in [-0.1, -0.05) is 0 Å². The highest BCUT2D eigenvalue weighted by molar-refractivity contribution is 7.90. The average Bonchev–Trinajstić information content (AvgIpc) is 2.19. The van der Waals surface area contributed by atoms with E-state index >= 15 is 0 Å². The van der Waals surface area contributed by atoms with Gasteiger partial charge in [0, 0.05) is 39.0 Å². The van der Waals surface area contributed by atoms with E-state index in [4.69, 9.17) is 4.74 Å². The average molecular weight is 252 g/mol. The molecule has 0 radical (unpaired) electrons. The Labute approximate surface area is 99.1 Å². The molecule has 0 fully saturated rings. The summed E-state index contributed by atoms with van der Waals surface area (Å²) in [5, 5.41) is 3.23. The molecule has 0 saturated carbocycles. The Morgan fingerprint density at radius 2 is 1.94 bits per heavy atom. The molecule has 0 aliphatic carbocycles. The van der Waals surface area contributed by atoms with E-state index in [0.717, 1.165) is 32.8 Å². The molecule has 16 heavy (non-hydrogen) atoms. The lowest BCUT2D eigenvalue weighted by Crippen LogP contribution is -2.33. The van der Waals surface area contributed by atoms with Gasteiger partial charge in [0.2, 0.25) is 0 Å². The van der Waals surface area contributed by atoms with Crippen LogP contribution in [-0.4, -0.2) is 71.8 Å². The molecule has 0 rings (SSSR count). The summed E-state index contributed by atoms with van der Waals surface area (Å²) in [6.45, 7) is 6.58. The molecular formula is C10H24N2O3S. The van der Waals surface area contributed by atoms with Gasteiger partial charge < -0.3 is 15.0 Å². The molecule has 0 amide bonds. The zero-order valence-electron chi connectivity index (χ0n) is 10.5. The first kappa shape index (κ1) is 15.8. The van der Waals surface area contributed by atoms with Crippen LogP contribution >= 0.6 is 0 Å². The van der Waals surface area contributed by atoms with Gasteiger partial charge in [0.25, 0.3) is 0 Å². The van der Waals surface area contributed by atoms with Crippen molar-refractivity contribution in [3.05, 3.63) is 0 Å². The van der Waals surface area contributed by atoms with Crippen molar-refractivity contribution in [3.8, 4) is 0 Å². The first-order valence-electron chi connectivity index (χ1n) is 5.60. The number of ether oxygens (including phenoxy) is 1. The third kappa shape index (κ3) is 11.9. The summed E-state index contributed by atoms with van der Waals surface area (Å²) < 4.78 is 27.0. The fourth-order valence-electron chi connectivity index (χ4n) is 1.12. The molecule has 5 nitrogen and oxygen atoms in total. The zero-order valence-corrected chi connectivity index (χ0v) is 11.3. The van der Waals surface area contributed by atoms with Gasteiger partial charge in [-0.25, -0.2) is 8.42 Å². The van der Waals surface area contributed by atoms with Crippen LogP contribution in [0.2, 0.25) is 0 Å². The normalized spacial score (nSPS) is 12.2.